The van der Waals surface area contributed by atoms with Gasteiger partial charge >= 0.3 is 0 Å². The molecule has 0 aliphatic heterocycles. The van der Waals surface area contributed by atoms with Crippen LogP contribution in [-0.2, 0) is 6.42 Å². The van der Waals surface area contributed by atoms with Crippen LogP contribution in [0.5, 0.6) is 0 Å². The van der Waals surface area contributed by atoms with Gasteiger partial charge in [0.15, 0.2) is 0 Å². The Morgan fingerprint density at radius 2 is 1.12 bits per heavy atom. The topological polar surface area (TPSA) is 35.1 Å². The van der Waals surface area contributed by atoms with E-state index in [1.54, 1.807) is 0 Å². The third kappa shape index (κ3) is 3.65. The summed E-state index contributed by atoms with van der Waals surface area (Å²) in [5.74, 6) is 0.694. The van der Waals surface area contributed by atoms with Crippen molar-refractivity contribution in [1.82, 2.24) is 18.9 Å². The lowest BCUT2D eigenvalue weighted by molar-refractivity contribution is 0.929. The minimum atomic E-state index is 0.694. The van der Waals surface area contributed by atoms with E-state index in [1.165, 1.54) is 82.2 Å². The Morgan fingerprint density at radius 1 is 0.462 bits per heavy atom. The van der Waals surface area contributed by atoms with Crippen molar-refractivity contribution >= 4 is 76.7 Å². The van der Waals surface area contributed by atoms with Crippen LogP contribution in [0.1, 0.15) is 17.7 Å². The molecule has 0 saturated carbocycles. The zero-order chi connectivity index (χ0) is 33.9. The average molecular weight is 663 g/mol. The molecule has 0 amide bonds. The Kier molecular flexibility index (Phi) is 5.58. The summed E-state index contributed by atoms with van der Waals surface area (Å²) in [7, 11) is 0. The molecule has 4 nitrogen and oxygen atoms in total. The fourth-order valence-electron chi connectivity index (χ4n) is 9.15. The van der Waals surface area contributed by atoms with Crippen LogP contribution >= 0.6 is 0 Å². The van der Waals surface area contributed by atoms with E-state index in [2.05, 4.69) is 167 Å². The van der Waals surface area contributed by atoms with Gasteiger partial charge in [-0.15, -0.1) is 0 Å². The molecular weight excluding hydrogens is 633 g/mol. The van der Waals surface area contributed by atoms with Gasteiger partial charge < -0.3 is 4.40 Å². The number of aryl methyl sites for hydroxylation is 1. The second-order valence-electron chi connectivity index (χ2n) is 14.0. The lowest BCUT2D eigenvalue weighted by Gasteiger charge is -2.14. The predicted octanol–water partition coefficient (Wildman–Crippen LogP) is 12.2. The Morgan fingerprint density at radius 3 is 1.96 bits per heavy atom. The molecule has 242 valence electrons. The number of hydrogen-bond donors (Lipinski definition) is 0. The average Bonchev–Trinajstić information content (AvgIpc) is 3.87. The molecule has 0 spiro atoms. The van der Waals surface area contributed by atoms with Crippen molar-refractivity contribution in [1.29, 1.82) is 0 Å². The zero-order valence-electron chi connectivity index (χ0n) is 28.2. The van der Waals surface area contributed by atoms with Gasteiger partial charge in [0.1, 0.15) is 0 Å². The minimum absolute atomic E-state index is 0.694. The first-order chi connectivity index (χ1) is 25.8. The molecule has 0 N–H and O–H groups in total. The minimum Gasteiger partial charge on any atom is -0.306 e. The van der Waals surface area contributed by atoms with Gasteiger partial charge in [-0.3, -0.25) is 4.57 Å². The summed E-state index contributed by atoms with van der Waals surface area (Å²) in [4.78, 5) is 10.9. The molecule has 4 heteroatoms. The normalized spacial score (nSPS) is 13.2. The van der Waals surface area contributed by atoms with Crippen molar-refractivity contribution in [3.8, 4) is 28.3 Å². The highest BCUT2D eigenvalue weighted by Crippen LogP contribution is 2.48. The Hall–Kier alpha value is -6.78. The molecule has 52 heavy (non-hydrogen) atoms. The number of allylic oxidation sites excluding steroid dienone is 1. The molecule has 0 bridgehead atoms. The number of benzene rings is 7. The van der Waals surface area contributed by atoms with Gasteiger partial charge in [-0.25, -0.2) is 9.97 Å². The maximum absolute atomic E-state index is 5.54. The van der Waals surface area contributed by atoms with E-state index < -0.39 is 0 Å². The summed E-state index contributed by atoms with van der Waals surface area (Å²) in [6, 6.07) is 52.4. The molecule has 1 aliphatic rings. The van der Waals surface area contributed by atoms with E-state index in [1.807, 2.05) is 0 Å². The van der Waals surface area contributed by atoms with E-state index in [-0.39, 0.29) is 0 Å². The van der Waals surface area contributed by atoms with Crippen LogP contribution in [0.2, 0.25) is 0 Å². The Balaban J connectivity index is 1.25. The summed E-state index contributed by atoms with van der Waals surface area (Å²) in [5.41, 5.74) is 12.7. The van der Waals surface area contributed by atoms with Crippen molar-refractivity contribution in [2.75, 3.05) is 0 Å². The molecule has 0 unspecified atom stereocenters. The first-order valence-electron chi connectivity index (χ1n) is 18.1. The zero-order valence-corrected chi connectivity index (χ0v) is 28.2. The van der Waals surface area contributed by atoms with Crippen LogP contribution in [0, 0.1) is 0 Å². The van der Waals surface area contributed by atoms with Gasteiger partial charge in [-0.2, -0.15) is 0 Å². The van der Waals surface area contributed by atoms with E-state index in [9.17, 15) is 0 Å². The van der Waals surface area contributed by atoms with Crippen molar-refractivity contribution in [3.63, 3.8) is 0 Å². The Labute approximate surface area is 298 Å². The number of nitrogens with zero attached hydrogens (tertiary/aromatic N) is 4. The Bertz CT molecular complexity index is 3270. The second-order valence-corrected chi connectivity index (χ2v) is 14.0. The predicted molar refractivity (Wildman–Crippen MR) is 217 cm³/mol. The molecule has 4 heterocycles. The van der Waals surface area contributed by atoms with Crippen LogP contribution in [0.25, 0.3) is 105 Å². The van der Waals surface area contributed by atoms with E-state index in [4.69, 9.17) is 9.97 Å². The third-order valence-corrected chi connectivity index (χ3v) is 11.3. The summed E-state index contributed by atoms with van der Waals surface area (Å²) in [6.45, 7) is 0. The first-order valence-corrected chi connectivity index (χ1v) is 18.1. The molecule has 0 fully saturated rings. The molecule has 7 aromatic carbocycles. The number of fused-ring (bicyclic) bond motifs is 14. The van der Waals surface area contributed by atoms with Crippen LogP contribution in [-0.4, -0.2) is 18.9 Å². The van der Waals surface area contributed by atoms with Crippen molar-refractivity contribution in [2.24, 2.45) is 0 Å². The molecule has 4 aromatic heterocycles. The highest BCUT2D eigenvalue weighted by molar-refractivity contribution is 6.36. The molecule has 0 atom stereocenters. The first kappa shape index (κ1) is 28.0. The smallest absolute Gasteiger partial charge is 0.235 e. The molecule has 1 aliphatic carbocycles. The van der Waals surface area contributed by atoms with Gasteiger partial charge in [0.2, 0.25) is 5.95 Å². The van der Waals surface area contributed by atoms with Gasteiger partial charge in [-0.05, 0) is 58.5 Å². The molecule has 0 radical (unpaired) electrons. The second kappa shape index (κ2) is 10.4. The summed E-state index contributed by atoms with van der Waals surface area (Å²) in [6.07, 6.45) is 6.58. The maximum Gasteiger partial charge on any atom is 0.235 e. The SMILES string of the molecule is C1=Cc2c(c3c4ccccc4c4c5cccc6c7ccccc7n(c65)c4c3n2-c2nc(-c3ccc(-c4ccccc4)cc3)c3ccccc3n2)CC1. The lowest BCUT2D eigenvalue weighted by Crippen LogP contribution is -2.07. The molecular formula is C48H30N4. The van der Waals surface area contributed by atoms with E-state index in [0.717, 1.165) is 35.0 Å². The standard InChI is InChI=1S/C48H30N4/c1-2-13-29(14-3-1)30-25-27-31(28-26-30)44-36-18-6-9-22-39(36)49-48(50-44)52-41-24-11-8-19-37(41)42-33-16-4-5-17-34(33)43-38-21-12-20-35-32-15-7-10-23-40(32)51(45(35)38)46(43)47(42)52/h1-7,9-18,20-28H,8,19H2. The van der Waals surface area contributed by atoms with Gasteiger partial charge in [-0.1, -0.05) is 140 Å². The third-order valence-electron chi connectivity index (χ3n) is 11.3. The number of rotatable bonds is 3. The lowest BCUT2D eigenvalue weighted by atomic mass is 9.94. The summed E-state index contributed by atoms with van der Waals surface area (Å²) >= 11 is 0. The van der Waals surface area contributed by atoms with Crippen molar-refractivity contribution in [3.05, 3.63) is 163 Å². The fourth-order valence-corrected chi connectivity index (χ4v) is 9.15. The molecule has 12 rings (SSSR count). The van der Waals surface area contributed by atoms with E-state index in [0.29, 0.717) is 5.95 Å². The monoisotopic (exact) mass is 662 g/mol. The van der Waals surface area contributed by atoms with Crippen LogP contribution < -0.4 is 0 Å². The summed E-state index contributed by atoms with van der Waals surface area (Å²) < 4.78 is 4.91. The quantitative estimate of drug-likeness (QED) is 0.189. The maximum atomic E-state index is 5.54. The molecule has 0 saturated heterocycles. The summed E-state index contributed by atoms with van der Waals surface area (Å²) in [5, 5.41) is 10.0. The van der Waals surface area contributed by atoms with Crippen LogP contribution in [0.3, 0.4) is 0 Å². The van der Waals surface area contributed by atoms with Crippen molar-refractivity contribution < 1.29 is 0 Å². The highest BCUT2D eigenvalue weighted by atomic mass is 15.2. The highest BCUT2D eigenvalue weighted by Gasteiger charge is 2.29. The number of hydrogen-bond acceptors (Lipinski definition) is 2. The van der Waals surface area contributed by atoms with Crippen molar-refractivity contribution in [2.45, 2.75) is 12.8 Å². The number of aromatic nitrogens is 4. The van der Waals surface area contributed by atoms with Crippen LogP contribution in [0.15, 0.2) is 152 Å². The fraction of sp³-hybridized carbons (Fsp3) is 0.0417. The molecule has 11 aromatic rings. The number of para-hydroxylation sites is 3. The largest absolute Gasteiger partial charge is 0.306 e. The van der Waals surface area contributed by atoms with Crippen LogP contribution in [0.4, 0.5) is 0 Å². The van der Waals surface area contributed by atoms with E-state index >= 15 is 0 Å². The van der Waals surface area contributed by atoms with Gasteiger partial charge in [0.25, 0.3) is 0 Å². The van der Waals surface area contributed by atoms with Gasteiger partial charge in [0.05, 0.1) is 39.0 Å². The van der Waals surface area contributed by atoms with Gasteiger partial charge in [0, 0.05) is 37.9 Å².